The number of rotatable bonds is 0. The zero-order valence-corrected chi connectivity index (χ0v) is 8.81. The first-order valence-electron chi connectivity index (χ1n) is 4.95. The summed E-state index contributed by atoms with van der Waals surface area (Å²) in [7, 11) is 0. The van der Waals surface area contributed by atoms with E-state index in [0.717, 1.165) is 4.40 Å². The highest BCUT2D eigenvalue weighted by Gasteiger charge is 2.37. The summed E-state index contributed by atoms with van der Waals surface area (Å²) in [5.41, 5.74) is 5.96. The molecule has 18 heavy (non-hydrogen) atoms. The lowest BCUT2D eigenvalue weighted by atomic mass is 10.3. The molecular formula is C10H6F3N5. The molecule has 0 atom stereocenters. The van der Waals surface area contributed by atoms with Crippen LogP contribution in [-0.2, 0) is 6.18 Å². The molecule has 3 aromatic rings. The molecule has 2 aromatic heterocycles. The van der Waals surface area contributed by atoms with Gasteiger partial charge in [0, 0.05) is 0 Å². The number of halogens is 3. The van der Waals surface area contributed by atoms with E-state index in [1.54, 1.807) is 18.2 Å². The van der Waals surface area contributed by atoms with Gasteiger partial charge in [-0.05, 0) is 12.1 Å². The van der Waals surface area contributed by atoms with E-state index < -0.39 is 17.9 Å². The van der Waals surface area contributed by atoms with Crippen LogP contribution in [0.5, 0.6) is 0 Å². The number of hydrogen-bond donors (Lipinski definition) is 1. The molecule has 1 aromatic carbocycles. The average Bonchev–Trinajstić information content (AvgIpc) is 2.64. The van der Waals surface area contributed by atoms with E-state index in [4.69, 9.17) is 5.73 Å². The van der Waals surface area contributed by atoms with E-state index in [1.807, 2.05) is 0 Å². The average molecular weight is 253 g/mol. The van der Waals surface area contributed by atoms with Gasteiger partial charge in [-0.3, -0.25) is 4.40 Å². The molecule has 0 aliphatic rings. The van der Waals surface area contributed by atoms with E-state index in [2.05, 4.69) is 15.0 Å². The number of nitrogens with zero attached hydrogens (tertiary/aromatic N) is 4. The van der Waals surface area contributed by atoms with Crippen LogP contribution in [0.15, 0.2) is 24.3 Å². The van der Waals surface area contributed by atoms with Crippen LogP contribution in [0.2, 0.25) is 0 Å². The fourth-order valence-corrected chi connectivity index (χ4v) is 1.77. The SMILES string of the molecule is Nc1nc(C(F)(F)F)n2c(n1)nc1ccccc12. The number of nitrogens with two attached hydrogens (primary N) is 1. The zero-order valence-electron chi connectivity index (χ0n) is 8.81. The first-order valence-corrected chi connectivity index (χ1v) is 4.95. The van der Waals surface area contributed by atoms with Gasteiger partial charge >= 0.3 is 6.18 Å². The maximum absolute atomic E-state index is 12.9. The van der Waals surface area contributed by atoms with E-state index in [0.29, 0.717) is 11.0 Å². The number of imidazole rings is 1. The predicted molar refractivity (Wildman–Crippen MR) is 57.7 cm³/mol. The van der Waals surface area contributed by atoms with Crippen molar-refractivity contribution in [3.05, 3.63) is 30.1 Å². The van der Waals surface area contributed by atoms with Crippen LogP contribution in [0.3, 0.4) is 0 Å². The van der Waals surface area contributed by atoms with Crippen molar-refractivity contribution >= 4 is 22.8 Å². The van der Waals surface area contributed by atoms with Gasteiger partial charge in [0.25, 0.3) is 0 Å². The second kappa shape index (κ2) is 3.31. The summed E-state index contributed by atoms with van der Waals surface area (Å²) in [6, 6.07) is 6.41. The molecular weight excluding hydrogens is 247 g/mol. The molecule has 0 radical (unpaired) electrons. The van der Waals surface area contributed by atoms with Crippen LogP contribution in [0.4, 0.5) is 19.1 Å². The first kappa shape index (κ1) is 10.8. The zero-order chi connectivity index (χ0) is 12.9. The number of alkyl halides is 3. The van der Waals surface area contributed by atoms with Crippen molar-refractivity contribution in [2.45, 2.75) is 6.18 Å². The van der Waals surface area contributed by atoms with Gasteiger partial charge in [-0.25, -0.2) is 4.98 Å². The normalized spacial score (nSPS) is 12.4. The lowest BCUT2D eigenvalue weighted by Crippen LogP contribution is -2.16. The van der Waals surface area contributed by atoms with E-state index >= 15 is 0 Å². The highest BCUT2D eigenvalue weighted by atomic mass is 19.4. The largest absolute Gasteiger partial charge is 0.450 e. The van der Waals surface area contributed by atoms with Crippen LogP contribution in [0, 0.1) is 0 Å². The summed E-state index contributed by atoms with van der Waals surface area (Å²) in [6.45, 7) is 0. The van der Waals surface area contributed by atoms with Gasteiger partial charge in [-0.2, -0.15) is 23.1 Å². The van der Waals surface area contributed by atoms with Crippen molar-refractivity contribution < 1.29 is 13.2 Å². The fourth-order valence-electron chi connectivity index (χ4n) is 1.77. The molecule has 0 aliphatic carbocycles. The van der Waals surface area contributed by atoms with Crippen molar-refractivity contribution in [1.29, 1.82) is 0 Å². The second-order valence-corrected chi connectivity index (χ2v) is 3.64. The van der Waals surface area contributed by atoms with Crippen molar-refractivity contribution in [3.63, 3.8) is 0 Å². The Morgan fingerprint density at radius 1 is 1.06 bits per heavy atom. The third-order valence-corrected chi connectivity index (χ3v) is 2.44. The van der Waals surface area contributed by atoms with Crippen molar-refractivity contribution in [1.82, 2.24) is 19.4 Å². The number of fused-ring (bicyclic) bond motifs is 3. The number of para-hydroxylation sites is 2. The Morgan fingerprint density at radius 2 is 1.78 bits per heavy atom. The number of aromatic nitrogens is 4. The van der Waals surface area contributed by atoms with Crippen LogP contribution in [0.25, 0.3) is 16.8 Å². The van der Waals surface area contributed by atoms with Gasteiger partial charge in [-0.1, -0.05) is 12.1 Å². The monoisotopic (exact) mass is 253 g/mol. The molecule has 0 saturated carbocycles. The third-order valence-electron chi connectivity index (χ3n) is 2.44. The molecule has 8 heteroatoms. The van der Waals surface area contributed by atoms with Crippen LogP contribution in [-0.4, -0.2) is 19.4 Å². The lowest BCUT2D eigenvalue weighted by Gasteiger charge is -2.08. The molecule has 92 valence electrons. The molecule has 5 nitrogen and oxygen atoms in total. The Morgan fingerprint density at radius 3 is 2.50 bits per heavy atom. The summed E-state index contributed by atoms with van der Waals surface area (Å²) in [5, 5.41) is 0. The Hall–Kier alpha value is -2.38. The number of anilines is 1. The predicted octanol–water partition coefficient (Wildman–Crippen LogP) is 1.88. The van der Waals surface area contributed by atoms with Crippen LogP contribution in [0.1, 0.15) is 5.82 Å². The summed E-state index contributed by atoms with van der Waals surface area (Å²) in [4.78, 5) is 10.9. The molecule has 0 spiro atoms. The van der Waals surface area contributed by atoms with E-state index in [-0.39, 0.29) is 5.78 Å². The minimum atomic E-state index is -4.63. The van der Waals surface area contributed by atoms with Gasteiger partial charge in [0.15, 0.2) is 0 Å². The van der Waals surface area contributed by atoms with Crippen LogP contribution >= 0.6 is 0 Å². The van der Waals surface area contributed by atoms with Crippen molar-refractivity contribution in [3.8, 4) is 0 Å². The topological polar surface area (TPSA) is 69.1 Å². The van der Waals surface area contributed by atoms with Crippen LogP contribution < -0.4 is 5.73 Å². The fraction of sp³-hybridized carbons (Fsp3) is 0.100. The minimum Gasteiger partial charge on any atom is -0.368 e. The smallest absolute Gasteiger partial charge is 0.368 e. The molecule has 0 fully saturated rings. The summed E-state index contributed by atoms with van der Waals surface area (Å²) in [5.74, 6) is -1.69. The Bertz CT molecular complexity index is 746. The second-order valence-electron chi connectivity index (χ2n) is 3.64. The van der Waals surface area contributed by atoms with Gasteiger partial charge in [-0.15, -0.1) is 0 Å². The number of nitrogen functional groups attached to an aromatic ring is 1. The highest BCUT2D eigenvalue weighted by molar-refractivity contribution is 5.79. The summed E-state index contributed by atoms with van der Waals surface area (Å²) < 4.78 is 39.6. The van der Waals surface area contributed by atoms with E-state index in [9.17, 15) is 13.2 Å². The third kappa shape index (κ3) is 1.45. The van der Waals surface area contributed by atoms with Crippen molar-refractivity contribution in [2.24, 2.45) is 0 Å². The molecule has 0 aliphatic heterocycles. The Kier molecular flexibility index (Phi) is 1.98. The maximum atomic E-state index is 12.9. The molecule has 0 amide bonds. The van der Waals surface area contributed by atoms with Crippen molar-refractivity contribution in [2.75, 3.05) is 5.73 Å². The minimum absolute atomic E-state index is 0.115. The van der Waals surface area contributed by atoms with Gasteiger partial charge in [0.2, 0.25) is 17.6 Å². The Labute approximate surface area is 98.1 Å². The number of benzene rings is 1. The first-order chi connectivity index (χ1) is 8.47. The standard InChI is InChI=1S/C10H6F3N5/c11-10(12,13)7-16-8(14)17-9-15-5-3-1-2-4-6(5)18(7)9/h1-4H,(H2,14,15,17). The Balaban J connectivity index is 2.54. The molecule has 2 N–H and O–H groups in total. The van der Waals surface area contributed by atoms with Gasteiger partial charge in [0.1, 0.15) is 0 Å². The quantitative estimate of drug-likeness (QED) is 0.664. The molecule has 2 heterocycles. The molecule has 3 rings (SSSR count). The lowest BCUT2D eigenvalue weighted by molar-refractivity contribution is -0.145. The highest BCUT2D eigenvalue weighted by Crippen LogP contribution is 2.30. The maximum Gasteiger partial charge on any atom is 0.450 e. The van der Waals surface area contributed by atoms with Gasteiger partial charge < -0.3 is 5.73 Å². The van der Waals surface area contributed by atoms with E-state index in [1.165, 1.54) is 6.07 Å². The summed E-state index contributed by atoms with van der Waals surface area (Å²) >= 11 is 0. The summed E-state index contributed by atoms with van der Waals surface area (Å²) in [6.07, 6.45) is -4.63. The van der Waals surface area contributed by atoms with Gasteiger partial charge in [0.05, 0.1) is 11.0 Å². The molecule has 0 saturated heterocycles. The number of hydrogen-bond acceptors (Lipinski definition) is 4. The molecule has 0 unspecified atom stereocenters. The molecule has 0 bridgehead atoms.